The number of hydrogen-bond acceptors (Lipinski definition) is 4. The van der Waals surface area contributed by atoms with Gasteiger partial charge < -0.3 is 15.3 Å². The van der Waals surface area contributed by atoms with E-state index in [0.29, 0.717) is 25.7 Å². The summed E-state index contributed by atoms with van der Waals surface area (Å²) in [6, 6.07) is 0. The minimum atomic E-state index is -0.761. The number of hydrogen-bond donors (Lipinski definition) is 3. The van der Waals surface area contributed by atoms with Crippen LogP contribution < -0.4 is 0 Å². The summed E-state index contributed by atoms with van der Waals surface area (Å²) in [5.74, 6) is 0.529. The van der Waals surface area contributed by atoms with E-state index < -0.39 is 18.2 Å². The first-order valence-electron chi connectivity index (χ1n) is 11.4. The first-order chi connectivity index (χ1) is 13.6. The van der Waals surface area contributed by atoms with Crippen molar-refractivity contribution in [3.8, 4) is 0 Å². The van der Waals surface area contributed by atoms with Crippen molar-refractivity contribution in [2.75, 3.05) is 0 Å². The van der Waals surface area contributed by atoms with Gasteiger partial charge in [-0.05, 0) is 85.0 Å². The van der Waals surface area contributed by atoms with E-state index in [1.807, 2.05) is 0 Å². The van der Waals surface area contributed by atoms with Gasteiger partial charge in [-0.15, -0.1) is 0 Å². The van der Waals surface area contributed by atoms with Gasteiger partial charge >= 0.3 is 5.97 Å². The number of ketones is 1. The third-order valence-electron chi connectivity index (χ3n) is 9.66. The summed E-state index contributed by atoms with van der Waals surface area (Å²) in [4.78, 5) is 23.1. The van der Waals surface area contributed by atoms with Gasteiger partial charge in [-0.25, -0.2) is 0 Å². The predicted octanol–water partition coefficient (Wildman–Crippen LogP) is 3.58. The monoisotopic (exact) mass is 404 g/mol. The zero-order valence-corrected chi connectivity index (χ0v) is 17.9. The largest absolute Gasteiger partial charge is 0.481 e. The van der Waals surface area contributed by atoms with Gasteiger partial charge in [-0.2, -0.15) is 0 Å². The Morgan fingerprint density at radius 2 is 1.97 bits per heavy atom. The molecule has 0 aromatic heterocycles. The van der Waals surface area contributed by atoms with Gasteiger partial charge in [-0.3, -0.25) is 9.59 Å². The minimum Gasteiger partial charge on any atom is -0.481 e. The molecule has 5 heteroatoms. The van der Waals surface area contributed by atoms with Crippen molar-refractivity contribution < 1.29 is 24.9 Å². The van der Waals surface area contributed by atoms with Crippen LogP contribution in [-0.2, 0) is 9.59 Å². The number of rotatable bonds is 4. The Hall–Kier alpha value is -1.20. The smallest absolute Gasteiger partial charge is 0.303 e. The van der Waals surface area contributed by atoms with Gasteiger partial charge in [0.05, 0.1) is 12.2 Å². The average molecular weight is 405 g/mol. The molecule has 5 nitrogen and oxygen atoms in total. The predicted molar refractivity (Wildman–Crippen MR) is 109 cm³/mol. The van der Waals surface area contributed by atoms with Crippen LogP contribution in [0.1, 0.15) is 72.1 Å². The summed E-state index contributed by atoms with van der Waals surface area (Å²) in [6.07, 6.45) is 6.27. The number of carbonyl (C=O) groups excluding carboxylic acids is 1. The van der Waals surface area contributed by atoms with Crippen molar-refractivity contribution in [3.05, 3.63) is 11.6 Å². The average Bonchev–Trinajstić information content (AvgIpc) is 3.01. The van der Waals surface area contributed by atoms with E-state index in [2.05, 4.69) is 20.8 Å². The van der Waals surface area contributed by atoms with Crippen molar-refractivity contribution in [3.63, 3.8) is 0 Å². The van der Waals surface area contributed by atoms with Crippen molar-refractivity contribution in [2.24, 2.45) is 40.4 Å². The maximum Gasteiger partial charge on any atom is 0.303 e. The van der Waals surface area contributed by atoms with Crippen LogP contribution in [0.25, 0.3) is 0 Å². The summed E-state index contributed by atoms with van der Waals surface area (Å²) in [5.41, 5.74) is 0.706. The second kappa shape index (κ2) is 7.19. The molecule has 29 heavy (non-hydrogen) atoms. The molecule has 3 N–H and O–H groups in total. The van der Waals surface area contributed by atoms with E-state index in [1.54, 1.807) is 6.08 Å². The van der Waals surface area contributed by atoms with E-state index in [4.69, 9.17) is 5.11 Å². The van der Waals surface area contributed by atoms with Crippen LogP contribution in [0.4, 0.5) is 0 Å². The molecule has 0 spiro atoms. The number of aliphatic hydroxyl groups is 2. The lowest BCUT2D eigenvalue weighted by Gasteiger charge is -2.61. The van der Waals surface area contributed by atoms with E-state index in [0.717, 1.165) is 24.8 Å². The van der Waals surface area contributed by atoms with E-state index >= 15 is 0 Å². The van der Waals surface area contributed by atoms with E-state index in [1.165, 1.54) is 0 Å². The third-order valence-corrected chi connectivity index (χ3v) is 9.66. The number of carbonyl (C=O) groups is 2. The molecule has 0 aliphatic heterocycles. The molecule has 0 aromatic carbocycles. The standard InChI is InChI=1S/C24H36O5/c1-13(4-7-21(28)29)16-5-6-17-22-18(12-20(27)24(16,17)3)23(2)9-8-15(25)10-14(23)11-19(22)26/h10,13,16-20,22,26-27H,4-9,11-12H2,1-3H3,(H,28,29)/t13?,16-,17+,18+,19+,20+,22+,23+,24-/m1/s1. The lowest BCUT2D eigenvalue weighted by atomic mass is 9.45. The Kier molecular flexibility index (Phi) is 5.22. The molecular weight excluding hydrogens is 368 g/mol. The minimum absolute atomic E-state index is 0.104. The van der Waals surface area contributed by atoms with Crippen molar-refractivity contribution in [1.82, 2.24) is 0 Å². The maximum absolute atomic E-state index is 12.0. The van der Waals surface area contributed by atoms with Crippen LogP contribution in [0.5, 0.6) is 0 Å². The maximum atomic E-state index is 12.0. The number of fused-ring (bicyclic) bond motifs is 5. The molecule has 3 saturated carbocycles. The molecule has 4 aliphatic rings. The molecule has 3 fully saturated rings. The Balaban J connectivity index is 1.64. The van der Waals surface area contributed by atoms with E-state index in [9.17, 15) is 19.8 Å². The van der Waals surface area contributed by atoms with Crippen molar-refractivity contribution >= 4 is 11.8 Å². The molecule has 0 saturated heterocycles. The van der Waals surface area contributed by atoms with Gasteiger partial charge in [0, 0.05) is 12.8 Å². The van der Waals surface area contributed by atoms with Gasteiger partial charge in [0.2, 0.25) is 0 Å². The fourth-order valence-corrected chi connectivity index (χ4v) is 8.01. The summed E-state index contributed by atoms with van der Waals surface area (Å²) < 4.78 is 0. The Morgan fingerprint density at radius 1 is 1.24 bits per heavy atom. The van der Waals surface area contributed by atoms with Crippen LogP contribution in [0.2, 0.25) is 0 Å². The Labute approximate surface area is 173 Å². The third kappa shape index (κ3) is 3.11. The molecule has 0 amide bonds. The summed E-state index contributed by atoms with van der Waals surface area (Å²) >= 11 is 0. The highest BCUT2D eigenvalue weighted by Crippen LogP contribution is 2.67. The van der Waals surface area contributed by atoms with Gasteiger partial charge in [0.15, 0.2) is 5.78 Å². The highest BCUT2D eigenvalue weighted by atomic mass is 16.4. The zero-order valence-electron chi connectivity index (χ0n) is 17.9. The first kappa shape index (κ1) is 21.0. The summed E-state index contributed by atoms with van der Waals surface area (Å²) in [7, 11) is 0. The second-order valence-corrected chi connectivity index (χ2v) is 10.8. The van der Waals surface area contributed by atoms with Crippen LogP contribution in [0.15, 0.2) is 11.6 Å². The summed E-state index contributed by atoms with van der Waals surface area (Å²) in [6.45, 7) is 6.57. The fourth-order valence-electron chi connectivity index (χ4n) is 8.01. The molecular formula is C24H36O5. The number of aliphatic hydroxyl groups excluding tert-OH is 2. The molecule has 0 heterocycles. The first-order valence-corrected chi connectivity index (χ1v) is 11.4. The molecule has 162 valence electrons. The zero-order chi connectivity index (χ0) is 21.1. The Morgan fingerprint density at radius 3 is 2.66 bits per heavy atom. The highest BCUT2D eigenvalue weighted by molar-refractivity contribution is 5.91. The molecule has 0 aromatic rings. The van der Waals surface area contributed by atoms with Crippen LogP contribution in [0.3, 0.4) is 0 Å². The summed E-state index contributed by atoms with van der Waals surface area (Å²) in [5, 5.41) is 31.7. The fraction of sp³-hybridized carbons (Fsp3) is 0.833. The quantitative estimate of drug-likeness (QED) is 0.666. The highest BCUT2D eigenvalue weighted by Gasteiger charge is 2.64. The molecule has 0 bridgehead atoms. The Bertz CT molecular complexity index is 729. The van der Waals surface area contributed by atoms with Crippen LogP contribution in [-0.4, -0.2) is 39.3 Å². The lowest BCUT2D eigenvalue weighted by molar-refractivity contribution is -0.168. The van der Waals surface area contributed by atoms with E-state index in [-0.39, 0.29) is 52.6 Å². The molecule has 4 rings (SSSR count). The molecule has 9 atom stereocenters. The van der Waals surface area contributed by atoms with Gasteiger partial charge in [-0.1, -0.05) is 26.3 Å². The lowest BCUT2D eigenvalue weighted by Crippen LogP contribution is -2.60. The van der Waals surface area contributed by atoms with Crippen molar-refractivity contribution in [2.45, 2.75) is 84.3 Å². The van der Waals surface area contributed by atoms with Gasteiger partial charge in [0.1, 0.15) is 0 Å². The topological polar surface area (TPSA) is 94.8 Å². The van der Waals surface area contributed by atoms with Crippen LogP contribution in [0, 0.1) is 40.4 Å². The second-order valence-electron chi connectivity index (χ2n) is 10.8. The van der Waals surface area contributed by atoms with Gasteiger partial charge in [0.25, 0.3) is 0 Å². The van der Waals surface area contributed by atoms with Crippen molar-refractivity contribution in [1.29, 1.82) is 0 Å². The SMILES string of the molecule is CC(CCC(=O)O)[C@H]1CC[C@H]2[C@@H]3[C@@H](O)CC4=CC(=O)CC[C@]4(C)[C@H]3C[C@H](O)[C@]12C. The number of carboxylic acid groups (broad SMARTS) is 1. The number of carboxylic acids is 1. The normalized spacial score (nSPS) is 47.6. The molecule has 4 aliphatic carbocycles. The molecule has 0 radical (unpaired) electrons. The molecule has 1 unspecified atom stereocenters. The number of aliphatic carboxylic acids is 1. The van der Waals surface area contributed by atoms with Crippen LogP contribution >= 0.6 is 0 Å².